The van der Waals surface area contributed by atoms with Crippen LogP contribution in [0.25, 0.3) is 22.3 Å². The van der Waals surface area contributed by atoms with Crippen LogP contribution in [0.4, 0.5) is 10.2 Å². The van der Waals surface area contributed by atoms with Gasteiger partial charge in [-0.05, 0) is 44.9 Å². The van der Waals surface area contributed by atoms with Crippen LogP contribution in [0.15, 0.2) is 42.9 Å². The van der Waals surface area contributed by atoms with Gasteiger partial charge in [-0.3, -0.25) is 9.67 Å². The largest absolute Gasteiger partial charge is 0.367 e. The topological polar surface area (TPSA) is 69.0 Å². The smallest absolute Gasteiger partial charge is 0.134 e. The lowest BCUT2D eigenvalue weighted by Gasteiger charge is -2.37. The normalized spacial score (nSPS) is 20.8. The fourth-order valence-electron chi connectivity index (χ4n) is 4.51. The summed E-state index contributed by atoms with van der Waals surface area (Å²) < 4.78 is 23.2. The summed E-state index contributed by atoms with van der Waals surface area (Å²) in [5.41, 5.74) is 3.87. The molecular weight excluding hydrogens is 455 g/mol. The monoisotopic (exact) mass is 478 g/mol. The fourth-order valence-corrected chi connectivity index (χ4v) is 4.67. The van der Waals surface area contributed by atoms with Gasteiger partial charge in [0.25, 0.3) is 0 Å². The summed E-state index contributed by atoms with van der Waals surface area (Å²) in [4.78, 5) is 16.3. The highest BCUT2D eigenvalue weighted by molar-refractivity contribution is 6.30. The van der Waals surface area contributed by atoms with Crippen molar-refractivity contribution in [1.29, 1.82) is 0 Å². The molecule has 7 nitrogen and oxygen atoms in total. The van der Waals surface area contributed by atoms with Crippen LogP contribution in [0.2, 0.25) is 5.02 Å². The molecule has 2 aliphatic rings. The molecule has 2 fully saturated rings. The van der Waals surface area contributed by atoms with Crippen LogP contribution in [0, 0.1) is 12.7 Å². The van der Waals surface area contributed by atoms with Gasteiger partial charge in [0.15, 0.2) is 0 Å². The van der Waals surface area contributed by atoms with Crippen molar-refractivity contribution in [2.45, 2.75) is 44.9 Å². The van der Waals surface area contributed by atoms with Crippen molar-refractivity contribution in [3.8, 4) is 11.3 Å². The molecule has 0 radical (unpaired) electrons. The summed E-state index contributed by atoms with van der Waals surface area (Å²) in [5.74, 6) is 0.271. The average molecular weight is 479 g/mol. The van der Waals surface area contributed by atoms with E-state index in [0.29, 0.717) is 52.3 Å². The lowest BCUT2D eigenvalue weighted by Crippen LogP contribution is -2.43. The Kier molecular flexibility index (Phi) is 5.22. The maximum atomic E-state index is 14.9. The Morgan fingerprint density at radius 2 is 1.97 bits per heavy atom. The van der Waals surface area contributed by atoms with E-state index in [0.717, 1.165) is 11.3 Å². The van der Waals surface area contributed by atoms with Crippen molar-refractivity contribution in [2.24, 2.45) is 0 Å². The Balaban J connectivity index is 1.41. The van der Waals surface area contributed by atoms with Crippen molar-refractivity contribution >= 4 is 28.5 Å². The van der Waals surface area contributed by atoms with E-state index < -0.39 is 5.82 Å². The number of benzene rings is 1. The maximum absolute atomic E-state index is 14.9. The van der Waals surface area contributed by atoms with Gasteiger partial charge in [-0.2, -0.15) is 5.10 Å². The zero-order valence-electron chi connectivity index (χ0n) is 18.9. The molecule has 1 aromatic carbocycles. The first-order valence-electron chi connectivity index (χ1n) is 11.5. The third-order valence-electron chi connectivity index (χ3n) is 6.32. The average Bonchev–Trinajstić information content (AvgIpc) is 3.54. The number of anilines is 1. The van der Waals surface area contributed by atoms with E-state index in [9.17, 15) is 4.39 Å². The number of aromatic nitrogens is 5. The first kappa shape index (κ1) is 21.4. The number of nitrogens with zero attached hydrogens (tertiary/aromatic N) is 6. The second-order valence-electron chi connectivity index (χ2n) is 9.16. The number of halogens is 2. The molecule has 1 saturated heterocycles. The number of hydrogen-bond acceptors (Lipinski definition) is 6. The van der Waals surface area contributed by atoms with E-state index in [1.807, 2.05) is 23.9 Å². The van der Waals surface area contributed by atoms with Gasteiger partial charge < -0.3 is 9.64 Å². The molecule has 0 unspecified atom stereocenters. The number of ether oxygens (including phenoxy) is 1. The van der Waals surface area contributed by atoms with Gasteiger partial charge in [-0.15, -0.1) is 0 Å². The number of fused-ring (bicyclic) bond motifs is 1. The maximum Gasteiger partial charge on any atom is 0.134 e. The van der Waals surface area contributed by atoms with Crippen LogP contribution < -0.4 is 4.90 Å². The molecule has 0 amide bonds. The number of rotatable bonds is 4. The molecular formula is C25H24ClFN6O. The lowest BCUT2D eigenvalue weighted by atomic mass is 10.1. The summed E-state index contributed by atoms with van der Waals surface area (Å²) in [6.07, 6.45) is 7.88. The number of morpholine rings is 1. The molecule has 2 atom stereocenters. The highest BCUT2D eigenvalue weighted by Gasteiger charge is 2.31. The first-order chi connectivity index (χ1) is 16.4. The SMILES string of the molecule is Cc1cnc2c(-c3ccc(Cl)cc3F)nc(N3C[C@@H](C)O[C@@H](c4cnn(C5CC5)c4)C3)cc2n1. The molecule has 4 aromatic rings. The van der Waals surface area contributed by atoms with Gasteiger partial charge in [0.2, 0.25) is 0 Å². The summed E-state index contributed by atoms with van der Waals surface area (Å²) in [5, 5.41) is 4.86. The molecule has 6 rings (SSSR count). The minimum Gasteiger partial charge on any atom is -0.367 e. The van der Waals surface area contributed by atoms with E-state index in [1.165, 1.54) is 18.9 Å². The molecule has 0 N–H and O–H groups in total. The first-order valence-corrected chi connectivity index (χ1v) is 11.9. The standard InChI is InChI=1S/C25H24ClFN6O/c1-14-9-28-25-21(30-14)8-23(31-24(25)19-6-3-17(26)7-20(19)27)32-11-15(2)34-22(13-32)16-10-29-33(12-16)18-4-5-18/h3,6-10,12,15,18,22H,4-5,11,13H2,1-2H3/t15-,22-/m1/s1. The molecule has 174 valence electrons. The van der Waals surface area contributed by atoms with Crippen molar-refractivity contribution in [1.82, 2.24) is 24.7 Å². The van der Waals surface area contributed by atoms with E-state index >= 15 is 0 Å². The van der Waals surface area contributed by atoms with E-state index in [4.69, 9.17) is 21.3 Å². The van der Waals surface area contributed by atoms with Crippen molar-refractivity contribution in [2.75, 3.05) is 18.0 Å². The van der Waals surface area contributed by atoms with Crippen LogP contribution in [-0.4, -0.2) is 43.9 Å². The Morgan fingerprint density at radius 3 is 2.76 bits per heavy atom. The third-order valence-corrected chi connectivity index (χ3v) is 6.56. The van der Waals surface area contributed by atoms with Crippen LogP contribution in [0.1, 0.15) is 43.2 Å². The zero-order chi connectivity index (χ0) is 23.4. The predicted molar refractivity (Wildman–Crippen MR) is 128 cm³/mol. The molecule has 0 spiro atoms. The predicted octanol–water partition coefficient (Wildman–Crippen LogP) is 5.29. The fraction of sp³-hybridized carbons (Fsp3) is 0.360. The summed E-state index contributed by atoms with van der Waals surface area (Å²) in [6.45, 7) is 5.21. The van der Waals surface area contributed by atoms with Gasteiger partial charge in [0, 0.05) is 41.2 Å². The van der Waals surface area contributed by atoms with E-state index in [2.05, 4.69) is 33.1 Å². The van der Waals surface area contributed by atoms with Crippen LogP contribution >= 0.6 is 11.6 Å². The van der Waals surface area contributed by atoms with Crippen LogP contribution in [-0.2, 0) is 4.74 Å². The Bertz CT molecular complexity index is 1390. The molecule has 1 aliphatic carbocycles. The van der Waals surface area contributed by atoms with Crippen molar-refractivity contribution < 1.29 is 9.13 Å². The second-order valence-corrected chi connectivity index (χ2v) is 9.59. The minimum atomic E-state index is -0.443. The highest BCUT2D eigenvalue weighted by Crippen LogP contribution is 2.37. The molecule has 4 heterocycles. The molecule has 3 aromatic heterocycles. The van der Waals surface area contributed by atoms with Gasteiger partial charge in [-0.1, -0.05) is 11.6 Å². The quantitative estimate of drug-likeness (QED) is 0.397. The number of aryl methyl sites for hydroxylation is 1. The summed E-state index contributed by atoms with van der Waals surface area (Å²) in [7, 11) is 0. The van der Waals surface area contributed by atoms with Gasteiger partial charge >= 0.3 is 0 Å². The van der Waals surface area contributed by atoms with Crippen molar-refractivity contribution in [3.63, 3.8) is 0 Å². The van der Waals surface area contributed by atoms with E-state index in [1.54, 1.807) is 18.3 Å². The number of pyridine rings is 1. The van der Waals surface area contributed by atoms with Gasteiger partial charge in [0.05, 0.1) is 36.1 Å². The zero-order valence-corrected chi connectivity index (χ0v) is 19.7. The summed E-state index contributed by atoms with van der Waals surface area (Å²) >= 11 is 5.99. The molecule has 9 heteroatoms. The molecule has 1 aliphatic heterocycles. The lowest BCUT2D eigenvalue weighted by molar-refractivity contribution is -0.0176. The van der Waals surface area contributed by atoms with Gasteiger partial charge in [-0.25, -0.2) is 14.4 Å². The molecule has 0 bridgehead atoms. The third kappa shape index (κ3) is 4.01. The highest BCUT2D eigenvalue weighted by atomic mass is 35.5. The minimum absolute atomic E-state index is 0.0140. The van der Waals surface area contributed by atoms with Crippen molar-refractivity contribution in [3.05, 3.63) is 65.0 Å². The molecule has 1 saturated carbocycles. The Hall–Kier alpha value is -3.10. The van der Waals surface area contributed by atoms with E-state index in [-0.39, 0.29) is 12.2 Å². The summed E-state index contributed by atoms with van der Waals surface area (Å²) in [6, 6.07) is 7.04. The van der Waals surface area contributed by atoms with Crippen LogP contribution in [0.5, 0.6) is 0 Å². The molecule has 34 heavy (non-hydrogen) atoms. The van der Waals surface area contributed by atoms with Gasteiger partial charge in [0.1, 0.15) is 28.9 Å². The Labute approximate surface area is 201 Å². The Morgan fingerprint density at radius 1 is 1.12 bits per heavy atom. The number of hydrogen-bond donors (Lipinski definition) is 0. The van der Waals surface area contributed by atoms with Crippen LogP contribution in [0.3, 0.4) is 0 Å². The second kappa shape index (κ2) is 8.29.